The Morgan fingerprint density at radius 3 is 2.56 bits per heavy atom. The van der Waals surface area contributed by atoms with Crippen LogP contribution in [0, 0.1) is 19.7 Å². The van der Waals surface area contributed by atoms with Crippen molar-refractivity contribution in [2.24, 2.45) is 0 Å². The number of aryl methyl sites for hydroxylation is 2. The molecule has 0 radical (unpaired) electrons. The first-order valence-electron chi connectivity index (χ1n) is 8.28. The largest absolute Gasteiger partial charge is 0.346 e. The normalized spacial score (nSPS) is 12.0. The molecule has 0 aliphatic carbocycles. The summed E-state index contributed by atoms with van der Waals surface area (Å²) in [6.07, 6.45) is 4.01. The van der Waals surface area contributed by atoms with Crippen molar-refractivity contribution in [3.8, 4) is 0 Å². The van der Waals surface area contributed by atoms with E-state index in [1.54, 1.807) is 6.07 Å². The summed E-state index contributed by atoms with van der Waals surface area (Å²) < 4.78 is 15.6. The molecule has 1 aromatic heterocycles. The molecular weight excluding hydrogens is 315 g/mol. The highest BCUT2D eigenvalue weighted by Crippen LogP contribution is 2.24. The lowest BCUT2D eigenvalue weighted by Crippen LogP contribution is -2.20. The Labute approximate surface area is 147 Å². The molecule has 128 valence electrons. The van der Waals surface area contributed by atoms with Gasteiger partial charge in [0.1, 0.15) is 5.82 Å². The Bertz CT molecular complexity index is 871. The maximum Gasteiger partial charge on any atom is 0.226 e. The first kappa shape index (κ1) is 17.0. The number of rotatable bonds is 5. The molecular formula is C21H21FN2O. The van der Waals surface area contributed by atoms with Gasteiger partial charge in [0.05, 0.1) is 12.5 Å². The van der Waals surface area contributed by atoms with Crippen molar-refractivity contribution in [3.63, 3.8) is 0 Å². The maximum atomic E-state index is 13.6. The first-order valence-corrected chi connectivity index (χ1v) is 8.28. The third-order valence-electron chi connectivity index (χ3n) is 4.27. The van der Waals surface area contributed by atoms with Crippen LogP contribution in [0.5, 0.6) is 0 Å². The van der Waals surface area contributed by atoms with Crippen LogP contribution >= 0.6 is 0 Å². The quantitative estimate of drug-likeness (QED) is 0.709. The molecule has 3 nitrogen and oxygen atoms in total. The third kappa shape index (κ3) is 4.15. The van der Waals surface area contributed by atoms with Crippen molar-refractivity contribution in [2.75, 3.05) is 5.32 Å². The molecule has 0 fully saturated rings. The molecule has 1 atom stereocenters. The topological polar surface area (TPSA) is 34.0 Å². The number of halogens is 1. The van der Waals surface area contributed by atoms with Crippen LogP contribution in [0.1, 0.15) is 29.2 Å². The molecule has 0 saturated heterocycles. The van der Waals surface area contributed by atoms with Crippen molar-refractivity contribution in [3.05, 3.63) is 89.5 Å². The fourth-order valence-corrected chi connectivity index (χ4v) is 2.91. The lowest BCUT2D eigenvalue weighted by molar-refractivity contribution is -0.116. The molecule has 1 N–H and O–H groups in total. The van der Waals surface area contributed by atoms with Crippen LogP contribution < -0.4 is 5.32 Å². The number of carbonyl (C=O) groups is 1. The second-order valence-corrected chi connectivity index (χ2v) is 6.27. The van der Waals surface area contributed by atoms with Gasteiger partial charge in [0.2, 0.25) is 5.91 Å². The zero-order chi connectivity index (χ0) is 17.8. The van der Waals surface area contributed by atoms with E-state index in [0.717, 1.165) is 22.4 Å². The van der Waals surface area contributed by atoms with Crippen LogP contribution in [0.3, 0.4) is 0 Å². The van der Waals surface area contributed by atoms with Crippen LogP contribution in [0.25, 0.3) is 0 Å². The predicted molar refractivity (Wildman–Crippen MR) is 98.1 cm³/mol. The van der Waals surface area contributed by atoms with Crippen LogP contribution in [0.15, 0.2) is 67.0 Å². The Kier molecular flexibility index (Phi) is 4.98. The van der Waals surface area contributed by atoms with Crippen molar-refractivity contribution in [1.82, 2.24) is 4.57 Å². The molecule has 4 heteroatoms. The number of hydrogen-bond acceptors (Lipinski definition) is 1. The number of benzene rings is 2. The van der Waals surface area contributed by atoms with Crippen LogP contribution in [-0.4, -0.2) is 10.5 Å². The van der Waals surface area contributed by atoms with E-state index in [0.29, 0.717) is 0 Å². The van der Waals surface area contributed by atoms with E-state index in [1.165, 1.54) is 12.1 Å². The van der Waals surface area contributed by atoms with Crippen LogP contribution in [0.2, 0.25) is 0 Å². The summed E-state index contributed by atoms with van der Waals surface area (Å²) in [7, 11) is 0. The fourth-order valence-electron chi connectivity index (χ4n) is 2.91. The minimum atomic E-state index is -0.301. The molecule has 1 unspecified atom stereocenters. The second kappa shape index (κ2) is 7.34. The number of carbonyl (C=O) groups excluding carboxylic acids is 1. The van der Waals surface area contributed by atoms with Gasteiger partial charge in [-0.05, 0) is 60.9 Å². The highest BCUT2D eigenvalue weighted by molar-refractivity contribution is 5.92. The summed E-state index contributed by atoms with van der Waals surface area (Å²) in [5, 5.41) is 2.98. The average molecular weight is 336 g/mol. The number of nitrogens with one attached hydrogen (secondary N) is 1. The summed E-state index contributed by atoms with van der Waals surface area (Å²) in [5.41, 5.74) is 3.69. The van der Waals surface area contributed by atoms with E-state index in [-0.39, 0.29) is 24.2 Å². The molecule has 25 heavy (non-hydrogen) atoms. The van der Waals surface area contributed by atoms with Gasteiger partial charge in [0.25, 0.3) is 0 Å². The van der Waals surface area contributed by atoms with Gasteiger partial charge in [-0.25, -0.2) is 4.39 Å². The van der Waals surface area contributed by atoms with E-state index in [1.807, 2.05) is 67.2 Å². The number of aromatic nitrogens is 1. The Hall–Kier alpha value is -2.88. The molecule has 0 spiro atoms. The number of anilines is 1. The fraction of sp³-hybridized carbons (Fsp3) is 0.190. The zero-order valence-corrected chi connectivity index (χ0v) is 14.4. The number of nitrogens with zero attached hydrogens (tertiary/aromatic N) is 1. The number of amides is 1. The zero-order valence-electron chi connectivity index (χ0n) is 14.4. The third-order valence-corrected chi connectivity index (χ3v) is 4.27. The highest BCUT2D eigenvalue weighted by atomic mass is 19.1. The van der Waals surface area contributed by atoms with Gasteiger partial charge < -0.3 is 9.88 Å². The van der Waals surface area contributed by atoms with E-state index >= 15 is 0 Å². The van der Waals surface area contributed by atoms with Crippen molar-refractivity contribution in [1.29, 1.82) is 0 Å². The molecule has 1 amide bonds. The van der Waals surface area contributed by atoms with Gasteiger partial charge in [-0.1, -0.05) is 24.3 Å². The molecule has 0 saturated carbocycles. The lowest BCUT2D eigenvalue weighted by atomic mass is 10.0. The Morgan fingerprint density at radius 2 is 1.84 bits per heavy atom. The minimum absolute atomic E-state index is 0.100. The monoisotopic (exact) mass is 336 g/mol. The summed E-state index contributed by atoms with van der Waals surface area (Å²) in [4.78, 5) is 12.6. The first-order chi connectivity index (χ1) is 12.0. The molecule has 0 aliphatic heterocycles. The van der Waals surface area contributed by atoms with Gasteiger partial charge in [-0.2, -0.15) is 0 Å². The molecule has 0 aliphatic rings. The summed E-state index contributed by atoms with van der Waals surface area (Å²) >= 11 is 0. The molecule has 0 bridgehead atoms. The van der Waals surface area contributed by atoms with Gasteiger partial charge in [0, 0.05) is 18.1 Å². The van der Waals surface area contributed by atoms with E-state index < -0.39 is 0 Å². The summed E-state index contributed by atoms with van der Waals surface area (Å²) in [5.74, 6) is -0.402. The smallest absolute Gasteiger partial charge is 0.226 e. The maximum absolute atomic E-state index is 13.6. The Balaban J connectivity index is 1.83. The lowest BCUT2D eigenvalue weighted by Gasteiger charge is -2.20. The predicted octanol–water partition coefficient (Wildman–Crippen LogP) is 4.86. The van der Waals surface area contributed by atoms with Crippen molar-refractivity contribution in [2.45, 2.75) is 26.3 Å². The van der Waals surface area contributed by atoms with E-state index in [4.69, 9.17) is 0 Å². The van der Waals surface area contributed by atoms with Crippen molar-refractivity contribution < 1.29 is 9.18 Å². The molecule has 2 aromatic carbocycles. The Morgan fingerprint density at radius 1 is 1.08 bits per heavy atom. The van der Waals surface area contributed by atoms with Crippen LogP contribution in [0.4, 0.5) is 10.1 Å². The van der Waals surface area contributed by atoms with Gasteiger partial charge in [-0.15, -0.1) is 0 Å². The molecule has 3 rings (SSSR count). The van der Waals surface area contributed by atoms with Gasteiger partial charge >= 0.3 is 0 Å². The summed E-state index contributed by atoms with van der Waals surface area (Å²) in [6.45, 7) is 3.95. The van der Waals surface area contributed by atoms with Gasteiger partial charge in [-0.3, -0.25) is 4.79 Å². The average Bonchev–Trinajstić information content (AvgIpc) is 3.10. The molecule has 3 aromatic rings. The minimum Gasteiger partial charge on any atom is -0.346 e. The van der Waals surface area contributed by atoms with Crippen molar-refractivity contribution >= 4 is 11.6 Å². The number of hydrogen-bond donors (Lipinski definition) is 1. The van der Waals surface area contributed by atoms with E-state index in [2.05, 4.69) is 5.32 Å². The standard InChI is InChI=1S/C21H21FN2O/c1-15-8-9-16(2)19(12-15)23-21(25)14-20(24-10-3-4-11-24)17-6-5-7-18(22)13-17/h3-13,20H,14H2,1-2H3,(H,23,25). The second-order valence-electron chi connectivity index (χ2n) is 6.27. The molecule has 1 heterocycles. The SMILES string of the molecule is Cc1ccc(C)c(NC(=O)CC(c2cccc(F)c2)n2cccc2)c1. The highest BCUT2D eigenvalue weighted by Gasteiger charge is 2.18. The van der Waals surface area contributed by atoms with Gasteiger partial charge in [0.15, 0.2) is 0 Å². The summed E-state index contributed by atoms with van der Waals surface area (Å²) in [6, 6.07) is 15.9. The van der Waals surface area contributed by atoms with E-state index in [9.17, 15) is 9.18 Å². The van der Waals surface area contributed by atoms with Crippen LogP contribution in [-0.2, 0) is 4.79 Å².